The summed E-state index contributed by atoms with van der Waals surface area (Å²) in [6.07, 6.45) is 0. The van der Waals surface area contributed by atoms with Gasteiger partial charge in [0.2, 0.25) is 5.82 Å². The molecule has 0 saturated carbocycles. The molecule has 2 aromatic rings. The Kier molecular flexibility index (Phi) is 3.09. The first-order valence-electron chi connectivity index (χ1n) is 5.13. The number of nitrogens with one attached hydrogen (secondary N) is 1. The van der Waals surface area contributed by atoms with E-state index in [1.807, 2.05) is 0 Å². The molecule has 0 unspecified atom stereocenters. The molecule has 94 valence electrons. The fourth-order valence-corrected chi connectivity index (χ4v) is 1.41. The minimum atomic E-state index is -0.527. The minimum absolute atomic E-state index is 0.106. The van der Waals surface area contributed by atoms with Crippen LogP contribution in [0.2, 0.25) is 0 Å². The molecule has 0 fully saturated rings. The molecule has 0 aromatic carbocycles. The van der Waals surface area contributed by atoms with Gasteiger partial charge >= 0.3 is 5.69 Å². The van der Waals surface area contributed by atoms with Crippen LogP contribution in [0, 0.1) is 17.0 Å². The molecule has 2 heterocycles. The number of hydrogen-bond acceptors (Lipinski definition) is 7. The second kappa shape index (κ2) is 4.70. The Labute approximate surface area is 102 Å². The molecule has 3 N–H and O–H groups in total. The van der Waals surface area contributed by atoms with E-state index in [0.717, 1.165) is 5.69 Å². The fraction of sp³-hybridized carbons (Fsp3) is 0.200. The molecular weight excluding hydrogens is 238 g/mol. The average molecular weight is 249 g/mol. The second-order valence-corrected chi connectivity index (χ2v) is 3.65. The number of rotatable bonds is 4. The van der Waals surface area contributed by atoms with Crippen LogP contribution in [0.1, 0.15) is 11.5 Å². The van der Waals surface area contributed by atoms with E-state index in [1.165, 1.54) is 12.1 Å². The maximum absolute atomic E-state index is 10.8. The summed E-state index contributed by atoms with van der Waals surface area (Å²) in [4.78, 5) is 14.1. The summed E-state index contributed by atoms with van der Waals surface area (Å²) in [5.41, 5.74) is 6.09. The molecule has 18 heavy (non-hydrogen) atoms. The molecule has 2 aromatic heterocycles. The molecule has 2 rings (SSSR count). The predicted octanol–water partition coefficient (Wildman–Crippen LogP) is 1.48. The van der Waals surface area contributed by atoms with E-state index in [0.29, 0.717) is 5.76 Å². The van der Waals surface area contributed by atoms with Crippen molar-refractivity contribution in [2.75, 3.05) is 11.1 Å². The van der Waals surface area contributed by atoms with Crippen molar-refractivity contribution in [3.63, 3.8) is 0 Å². The smallest absolute Gasteiger partial charge is 0.311 e. The number of hydrogen-bond donors (Lipinski definition) is 2. The SMILES string of the molecule is Cc1cc(CNc2nc(N)ccc2[N+](=O)[O-])on1. The molecule has 0 aliphatic heterocycles. The first kappa shape index (κ1) is 11.8. The topological polar surface area (TPSA) is 120 Å². The standard InChI is InChI=1S/C10H11N5O3/c1-6-4-7(18-14-6)5-12-10-8(15(16)17)2-3-9(11)13-10/h2-4H,5H2,1H3,(H3,11,12,13). The van der Waals surface area contributed by atoms with E-state index in [1.54, 1.807) is 13.0 Å². The molecule has 0 bridgehead atoms. The van der Waals surface area contributed by atoms with Crippen LogP contribution in [-0.4, -0.2) is 15.1 Å². The van der Waals surface area contributed by atoms with Gasteiger partial charge in [-0.3, -0.25) is 10.1 Å². The third-order valence-corrected chi connectivity index (χ3v) is 2.20. The first-order valence-corrected chi connectivity index (χ1v) is 5.13. The van der Waals surface area contributed by atoms with E-state index in [4.69, 9.17) is 10.3 Å². The summed E-state index contributed by atoms with van der Waals surface area (Å²) < 4.78 is 4.98. The minimum Gasteiger partial charge on any atom is -0.384 e. The van der Waals surface area contributed by atoms with Crippen molar-refractivity contribution in [2.24, 2.45) is 0 Å². The summed E-state index contributed by atoms with van der Waals surface area (Å²) in [7, 11) is 0. The van der Waals surface area contributed by atoms with Gasteiger partial charge in [0.25, 0.3) is 0 Å². The van der Waals surface area contributed by atoms with Crippen LogP contribution >= 0.6 is 0 Å². The van der Waals surface area contributed by atoms with Crippen molar-refractivity contribution in [1.82, 2.24) is 10.1 Å². The lowest BCUT2D eigenvalue weighted by Gasteiger charge is -2.04. The maximum Gasteiger partial charge on any atom is 0.311 e. The Morgan fingerprint density at radius 3 is 2.94 bits per heavy atom. The van der Waals surface area contributed by atoms with E-state index >= 15 is 0 Å². The second-order valence-electron chi connectivity index (χ2n) is 3.65. The number of aryl methyl sites for hydroxylation is 1. The Balaban J connectivity index is 2.17. The Bertz CT molecular complexity index is 581. The lowest BCUT2D eigenvalue weighted by Crippen LogP contribution is -2.05. The van der Waals surface area contributed by atoms with E-state index in [9.17, 15) is 10.1 Å². The highest BCUT2D eigenvalue weighted by atomic mass is 16.6. The Morgan fingerprint density at radius 2 is 2.33 bits per heavy atom. The lowest BCUT2D eigenvalue weighted by atomic mass is 10.3. The van der Waals surface area contributed by atoms with Gasteiger partial charge in [-0.25, -0.2) is 4.98 Å². The van der Waals surface area contributed by atoms with Crippen LogP contribution < -0.4 is 11.1 Å². The van der Waals surface area contributed by atoms with Crippen molar-refractivity contribution in [2.45, 2.75) is 13.5 Å². The molecule has 0 radical (unpaired) electrons. The van der Waals surface area contributed by atoms with E-state index in [-0.39, 0.29) is 23.9 Å². The van der Waals surface area contributed by atoms with Gasteiger partial charge in [0, 0.05) is 12.1 Å². The molecule has 0 aliphatic rings. The van der Waals surface area contributed by atoms with Gasteiger partial charge in [-0.15, -0.1) is 0 Å². The van der Waals surface area contributed by atoms with Gasteiger partial charge in [-0.05, 0) is 13.0 Å². The summed E-state index contributed by atoms with van der Waals surface area (Å²) >= 11 is 0. The van der Waals surface area contributed by atoms with Crippen LogP contribution in [-0.2, 0) is 6.54 Å². The van der Waals surface area contributed by atoms with Crippen LogP contribution in [0.25, 0.3) is 0 Å². The summed E-state index contributed by atoms with van der Waals surface area (Å²) in [5, 5.41) is 17.3. The zero-order chi connectivity index (χ0) is 13.1. The van der Waals surface area contributed by atoms with Crippen LogP contribution in [0.5, 0.6) is 0 Å². The van der Waals surface area contributed by atoms with Gasteiger partial charge in [-0.2, -0.15) is 0 Å². The van der Waals surface area contributed by atoms with Crippen LogP contribution in [0.15, 0.2) is 22.7 Å². The zero-order valence-electron chi connectivity index (χ0n) is 9.58. The fourth-order valence-electron chi connectivity index (χ4n) is 1.41. The van der Waals surface area contributed by atoms with Gasteiger partial charge in [0.15, 0.2) is 5.76 Å². The number of nitro groups is 1. The number of anilines is 2. The molecule has 0 amide bonds. The van der Waals surface area contributed by atoms with Crippen molar-refractivity contribution in [1.29, 1.82) is 0 Å². The monoisotopic (exact) mass is 249 g/mol. The van der Waals surface area contributed by atoms with Crippen molar-refractivity contribution >= 4 is 17.3 Å². The normalized spacial score (nSPS) is 10.3. The van der Waals surface area contributed by atoms with Crippen molar-refractivity contribution < 1.29 is 9.45 Å². The molecule has 0 saturated heterocycles. The highest BCUT2D eigenvalue weighted by Crippen LogP contribution is 2.23. The summed E-state index contributed by atoms with van der Waals surface area (Å²) in [6, 6.07) is 4.41. The highest BCUT2D eigenvalue weighted by Gasteiger charge is 2.15. The number of aromatic nitrogens is 2. The Hall–Kier alpha value is -2.64. The molecular formula is C10H11N5O3. The van der Waals surface area contributed by atoms with E-state index < -0.39 is 4.92 Å². The number of pyridine rings is 1. The highest BCUT2D eigenvalue weighted by molar-refractivity contribution is 5.59. The zero-order valence-corrected chi connectivity index (χ0v) is 9.58. The quantitative estimate of drug-likeness (QED) is 0.621. The third-order valence-electron chi connectivity index (χ3n) is 2.20. The molecule has 0 atom stereocenters. The summed E-state index contributed by atoms with van der Waals surface area (Å²) in [6.45, 7) is 2.03. The predicted molar refractivity (Wildman–Crippen MR) is 63.9 cm³/mol. The number of nitrogen functional groups attached to an aromatic ring is 1. The largest absolute Gasteiger partial charge is 0.384 e. The van der Waals surface area contributed by atoms with Gasteiger partial charge in [0.1, 0.15) is 5.82 Å². The van der Waals surface area contributed by atoms with Gasteiger partial charge in [0.05, 0.1) is 17.2 Å². The summed E-state index contributed by atoms with van der Waals surface area (Å²) in [5.74, 6) is 0.872. The lowest BCUT2D eigenvalue weighted by molar-refractivity contribution is -0.384. The number of nitrogens with two attached hydrogens (primary N) is 1. The molecule has 8 nitrogen and oxygen atoms in total. The molecule has 0 aliphatic carbocycles. The molecule has 8 heteroatoms. The van der Waals surface area contributed by atoms with Crippen LogP contribution in [0.3, 0.4) is 0 Å². The first-order chi connectivity index (χ1) is 8.56. The average Bonchev–Trinajstić information content (AvgIpc) is 2.72. The van der Waals surface area contributed by atoms with Crippen molar-refractivity contribution in [3.8, 4) is 0 Å². The van der Waals surface area contributed by atoms with Gasteiger partial charge in [-0.1, -0.05) is 5.16 Å². The Morgan fingerprint density at radius 1 is 1.56 bits per heavy atom. The maximum atomic E-state index is 10.8. The molecule has 0 spiro atoms. The number of nitrogens with zero attached hydrogens (tertiary/aromatic N) is 3. The third kappa shape index (κ3) is 2.54. The van der Waals surface area contributed by atoms with Crippen molar-refractivity contribution in [3.05, 3.63) is 39.8 Å². The van der Waals surface area contributed by atoms with E-state index in [2.05, 4.69) is 15.5 Å². The van der Waals surface area contributed by atoms with Gasteiger partial charge < -0.3 is 15.6 Å². The van der Waals surface area contributed by atoms with Crippen LogP contribution in [0.4, 0.5) is 17.3 Å².